The Balaban J connectivity index is 1.65. The summed E-state index contributed by atoms with van der Waals surface area (Å²) in [5.41, 5.74) is 6.36. The molecule has 0 bridgehead atoms. The zero-order valence-electron chi connectivity index (χ0n) is 14.4. The Morgan fingerprint density at radius 1 is 1.46 bits per heavy atom. The van der Waals surface area contributed by atoms with Gasteiger partial charge in [0.1, 0.15) is 5.69 Å². The van der Waals surface area contributed by atoms with Crippen molar-refractivity contribution in [1.29, 1.82) is 0 Å². The van der Waals surface area contributed by atoms with E-state index >= 15 is 0 Å². The van der Waals surface area contributed by atoms with Gasteiger partial charge in [-0.3, -0.25) is 14.8 Å². The SMILES string of the molecule is CC(C)(C)c1nnc(CN2CCC[C@@H](c3cc(C(N)=O)n[nH]3)C2)o1. The number of hydrogen-bond donors (Lipinski definition) is 2. The molecule has 1 fully saturated rings. The average Bonchev–Trinajstić information content (AvgIpc) is 3.16. The predicted octanol–water partition coefficient (Wildman–Crippen LogP) is 1.57. The Hall–Kier alpha value is -2.22. The molecule has 0 spiro atoms. The molecule has 8 nitrogen and oxygen atoms in total. The maximum atomic E-state index is 11.2. The number of H-pyrrole nitrogens is 1. The number of nitrogens with two attached hydrogens (primary N) is 1. The summed E-state index contributed by atoms with van der Waals surface area (Å²) in [6, 6.07) is 1.75. The van der Waals surface area contributed by atoms with Gasteiger partial charge in [-0.25, -0.2) is 0 Å². The second-order valence-corrected chi connectivity index (χ2v) is 7.40. The van der Waals surface area contributed by atoms with E-state index in [1.165, 1.54) is 0 Å². The van der Waals surface area contributed by atoms with Gasteiger partial charge in [-0.15, -0.1) is 10.2 Å². The lowest BCUT2D eigenvalue weighted by molar-refractivity contribution is 0.0995. The first kappa shape index (κ1) is 16.6. The maximum Gasteiger partial charge on any atom is 0.269 e. The van der Waals surface area contributed by atoms with Gasteiger partial charge in [0.15, 0.2) is 0 Å². The highest BCUT2D eigenvalue weighted by molar-refractivity contribution is 5.90. The van der Waals surface area contributed by atoms with Crippen LogP contribution in [0.3, 0.4) is 0 Å². The van der Waals surface area contributed by atoms with Gasteiger partial charge in [-0.05, 0) is 25.5 Å². The summed E-state index contributed by atoms with van der Waals surface area (Å²) in [5.74, 6) is 1.09. The van der Waals surface area contributed by atoms with Crippen LogP contribution >= 0.6 is 0 Å². The molecule has 24 heavy (non-hydrogen) atoms. The highest BCUT2D eigenvalue weighted by Crippen LogP contribution is 2.27. The lowest BCUT2D eigenvalue weighted by Gasteiger charge is -2.31. The summed E-state index contributed by atoms with van der Waals surface area (Å²) in [6.45, 7) is 8.63. The van der Waals surface area contributed by atoms with E-state index in [0.717, 1.165) is 31.6 Å². The Morgan fingerprint density at radius 2 is 2.25 bits per heavy atom. The van der Waals surface area contributed by atoms with Crippen molar-refractivity contribution in [2.45, 2.75) is 51.5 Å². The predicted molar refractivity (Wildman–Crippen MR) is 87.4 cm³/mol. The lowest BCUT2D eigenvalue weighted by atomic mass is 9.94. The van der Waals surface area contributed by atoms with Crippen LogP contribution in [-0.2, 0) is 12.0 Å². The Morgan fingerprint density at radius 3 is 2.88 bits per heavy atom. The van der Waals surface area contributed by atoms with Gasteiger partial charge in [-0.2, -0.15) is 5.10 Å². The van der Waals surface area contributed by atoms with E-state index in [2.05, 4.69) is 46.1 Å². The fourth-order valence-electron chi connectivity index (χ4n) is 2.94. The Kier molecular flexibility index (Phi) is 4.40. The van der Waals surface area contributed by atoms with Crippen molar-refractivity contribution in [3.8, 4) is 0 Å². The van der Waals surface area contributed by atoms with Crippen LogP contribution in [0.4, 0.5) is 0 Å². The molecule has 0 aliphatic carbocycles. The van der Waals surface area contributed by atoms with Crippen LogP contribution < -0.4 is 5.73 Å². The maximum absolute atomic E-state index is 11.2. The summed E-state index contributed by atoms with van der Waals surface area (Å²) in [5, 5.41) is 15.2. The second-order valence-electron chi connectivity index (χ2n) is 7.40. The zero-order valence-corrected chi connectivity index (χ0v) is 14.4. The van der Waals surface area contributed by atoms with Gasteiger partial charge < -0.3 is 10.2 Å². The number of aromatic nitrogens is 4. The Bertz CT molecular complexity index is 714. The number of nitrogens with one attached hydrogen (secondary N) is 1. The number of hydrogen-bond acceptors (Lipinski definition) is 6. The molecule has 1 amide bonds. The van der Waals surface area contributed by atoms with Crippen molar-refractivity contribution in [2.75, 3.05) is 13.1 Å². The van der Waals surface area contributed by atoms with Crippen LogP contribution in [0.5, 0.6) is 0 Å². The van der Waals surface area contributed by atoms with Gasteiger partial charge in [0, 0.05) is 23.6 Å². The first-order chi connectivity index (χ1) is 11.3. The molecule has 3 heterocycles. The number of rotatable bonds is 4. The lowest BCUT2D eigenvalue weighted by Crippen LogP contribution is -2.34. The normalized spacial score (nSPS) is 19.5. The van der Waals surface area contributed by atoms with Crippen molar-refractivity contribution in [2.24, 2.45) is 5.73 Å². The highest BCUT2D eigenvalue weighted by Gasteiger charge is 2.26. The van der Waals surface area contributed by atoms with Crippen LogP contribution in [0.15, 0.2) is 10.5 Å². The smallest absolute Gasteiger partial charge is 0.269 e. The second kappa shape index (κ2) is 6.35. The van der Waals surface area contributed by atoms with E-state index in [0.29, 0.717) is 24.2 Å². The molecule has 1 saturated heterocycles. The number of likely N-dealkylation sites (tertiary alicyclic amines) is 1. The van der Waals surface area contributed by atoms with Crippen molar-refractivity contribution >= 4 is 5.91 Å². The van der Waals surface area contributed by atoms with E-state index < -0.39 is 5.91 Å². The molecule has 0 radical (unpaired) electrons. The summed E-state index contributed by atoms with van der Waals surface area (Å²) < 4.78 is 5.78. The third-order valence-electron chi connectivity index (χ3n) is 4.26. The fraction of sp³-hybridized carbons (Fsp3) is 0.625. The summed E-state index contributed by atoms with van der Waals surface area (Å²) in [6.07, 6.45) is 2.11. The van der Waals surface area contributed by atoms with Gasteiger partial charge >= 0.3 is 0 Å². The standard InChI is InChI=1S/C16H24N6O2/c1-16(2,3)15-21-20-13(24-15)9-22-6-4-5-10(8-22)11-7-12(14(17)23)19-18-11/h7,10H,4-6,8-9H2,1-3H3,(H2,17,23)(H,18,19)/t10-/m1/s1. The van der Waals surface area contributed by atoms with Crippen LogP contribution in [0, 0.1) is 0 Å². The van der Waals surface area contributed by atoms with Crippen molar-refractivity contribution in [1.82, 2.24) is 25.3 Å². The average molecular weight is 332 g/mol. The van der Waals surface area contributed by atoms with Gasteiger partial charge in [-0.1, -0.05) is 20.8 Å². The van der Waals surface area contributed by atoms with Crippen LogP contribution in [-0.4, -0.2) is 44.3 Å². The minimum atomic E-state index is -0.509. The van der Waals surface area contributed by atoms with Crippen LogP contribution in [0.2, 0.25) is 0 Å². The van der Waals surface area contributed by atoms with E-state index in [9.17, 15) is 4.79 Å². The number of carbonyl (C=O) groups excluding carboxylic acids is 1. The molecule has 0 saturated carbocycles. The number of amides is 1. The number of piperidine rings is 1. The molecule has 0 aromatic carbocycles. The van der Waals surface area contributed by atoms with Gasteiger partial charge in [0.05, 0.1) is 6.54 Å². The molecule has 3 N–H and O–H groups in total. The first-order valence-electron chi connectivity index (χ1n) is 8.23. The minimum Gasteiger partial charge on any atom is -0.423 e. The number of primary amides is 1. The molecule has 3 rings (SSSR count). The topological polar surface area (TPSA) is 114 Å². The molecule has 130 valence electrons. The van der Waals surface area contributed by atoms with Gasteiger partial charge in [0.25, 0.3) is 5.91 Å². The molecule has 0 unspecified atom stereocenters. The molecule has 8 heteroatoms. The summed E-state index contributed by atoms with van der Waals surface area (Å²) >= 11 is 0. The Labute approximate surface area is 140 Å². The van der Waals surface area contributed by atoms with Crippen LogP contribution in [0.25, 0.3) is 0 Å². The minimum absolute atomic E-state index is 0.142. The quantitative estimate of drug-likeness (QED) is 0.878. The van der Waals surface area contributed by atoms with Gasteiger partial charge in [0.2, 0.25) is 11.8 Å². The third kappa shape index (κ3) is 3.64. The monoisotopic (exact) mass is 332 g/mol. The van der Waals surface area contributed by atoms with E-state index in [1.54, 1.807) is 6.07 Å². The molecule has 1 aliphatic rings. The first-order valence-corrected chi connectivity index (χ1v) is 8.23. The molecule has 1 aliphatic heterocycles. The molecular weight excluding hydrogens is 308 g/mol. The number of nitrogens with zero attached hydrogens (tertiary/aromatic N) is 4. The molecule has 2 aromatic heterocycles. The van der Waals surface area contributed by atoms with E-state index in [4.69, 9.17) is 10.2 Å². The highest BCUT2D eigenvalue weighted by atomic mass is 16.4. The number of aromatic amines is 1. The largest absolute Gasteiger partial charge is 0.423 e. The van der Waals surface area contributed by atoms with Crippen molar-refractivity contribution < 1.29 is 9.21 Å². The van der Waals surface area contributed by atoms with E-state index in [1.807, 2.05) is 0 Å². The molecule has 1 atom stereocenters. The zero-order chi connectivity index (χ0) is 17.3. The summed E-state index contributed by atoms with van der Waals surface area (Å²) in [7, 11) is 0. The third-order valence-corrected chi connectivity index (χ3v) is 4.26. The molecular formula is C16H24N6O2. The van der Waals surface area contributed by atoms with Crippen molar-refractivity contribution in [3.05, 3.63) is 29.2 Å². The fourth-order valence-corrected chi connectivity index (χ4v) is 2.94. The molecule has 2 aromatic rings. The van der Waals surface area contributed by atoms with Crippen molar-refractivity contribution in [3.63, 3.8) is 0 Å². The van der Waals surface area contributed by atoms with E-state index in [-0.39, 0.29) is 11.1 Å². The van der Waals surface area contributed by atoms with Crippen LogP contribution in [0.1, 0.15) is 67.5 Å². The number of carbonyl (C=O) groups is 1. The summed E-state index contributed by atoms with van der Waals surface area (Å²) in [4.78, 5) is 13.5.